The summed E-state index contributed by atoms with van der Waals surface area (Å²) in [6.45, 7) is 0. The van der Waals surface area contributed by atoms with Gasteiger partial charge in [0, 0.05) is 42.4 Å². The second kappa shape index (κ2) is 8.05. The molecule has 0 spiro atoms. The van der Waals surface area contributed by atoms with Crippen molar-refractivity contribution in [2.75, 3.05) is 0 Å². The molecule has 2 aromatic carbocycles. The molecule has 0 amide bonds. The number of allylic oxidation sites excluding steroid dienone is 4. The van der Waals surface area contributed by atoms with Gasteiger partial charge in [-0.2, -0.15) is 0 Å². The van der Waals surface area contributed by atoms with Crippen molar-refractivity contribution in [3.63, 3.8) is 0 Å². The number of nitro groups is 1. The minimum atomic E-state index is -0.436. The standard InChI is InChI=1S/C21H15FN2O3/c22-19-5-3-18(4-6-19)21(25)11-14-23-12-9-17(10-13-23)15-16-1-7-20(8-2-16)24(26)27/h1-15H/b14-11+. The van der Waals surface area contributed by atoms with Crippen LogP contribution in [0.2, 0.25) is 0 Å². The summed E-state index contributed by atoms with van der Waals surface area (Å²) in [7, 11) is 0. The summed E-state index contributed by atoms with van der Waals surface area (Å²) in [5.74, 6) is -0.603. The Labute approximate surface area is 155 Å². The molecule has 0 unspecified atom stereocenters. The molecule has 134 valence electrons. The lowest BCUT2D eigenvalue weighted by molar-refractivity contribution is -0.384. The van der Waals surface area contributed by atoms with Crippen molar-refractivity contribution in [2.45, 2.75) is 0 Å². The molecule has 0 bridgehead atoms. The average molecular weight is 362 g/mol. The summed E-state index contributed by atoms with van der Waals surface area (Å²) in [4.78, 5) is 24.0. The van der Waals surface area contributed by atoms with Gasteiger partial charge in [-0.1, -0.05) is 0 Å². The molecule has 0 saturated carbocycles. The lowest BCUT2D eigenvalue weighted by Crippen LogP contribution is -2.04. The number of rotatable bonds is 5. The molecule has 0 atom stereocenters. The molecule has 27 heavy (non-hydrogen) atoms. The number of hydrogen-bond donors (Lipinski definition) is 0. The monoisotopic (exact) mass is 362 g/mol. The highest BCUT2D eigenvalue weighted by Gasteiger charge is 2.05. The van der Waals surface area contributed by atoms with Gasteiger partial charge >= 0.3 is 0 Å². The Morgan fingerprint density at radius 1 is 1.00 bits per heavy atom. The van der Waals surface area contributed by atoms with E-state index in [0.717, 1.165) is 11.1 Å². The zero-order valence-corrected chi connectivity index (χ0v) is 14.2. The number of nitro benzene ring substituents is 1. The highest BCUT2D eigenvalue weighted by Crippen LogP contribution is 2.17. The molecule has 0 radical (unpaired) electrons. The maximum atomic E-state index is 12.9. The van der Waals surface area contributed by atoms with Gasteiger partial charge in [-0.25, -0.2) is 4.39 Å². The molecule has 5 nitrogen and oxygen atoms in total. The average Bonchev–Trinajstić information content (AvgIpc) is 2.68. The van der Waals surface area contributed by atoms with Gasteiger partial charge in [0.25, 0.3) is 5.69 Å². The molecular weight excluding hydrogens is 347 g/mol. The van der Waals surface area contributed by atoms with Crippen LogP contribution in [-0.2, 0) is 0 Å². The van der Waals surface area contributed by atoms with Gasteiger partial charge in [-0.3, -0.25) is 14.9 Å². The number of carbonyl (C=O) groups excluding carboxylic acids is 1. The smallest absolute Gasteiger partial charge is 0.269 e. The number of ketones is 1. The molecule has 0 fully saturated rings. The molecule has 1 heterocycles. The Morgan fingerprint density at radius 2 is 1.63 bits per heavy atom. The fourth-order valence-electron chi connectivity index (χ4n) is 2.39. The molecule has 0 aromatic heterocycles. The van der Waals surface area contributed by atoms with E-state index in [0.29, 0.717) is 5.56 Å². The summed E-state index contributed by atoms with van der Waals surface area (Å²) >= 11 is 0. The molecule has 0 N–H and O–H groups in total. The second-order valence-corrected chi connectivity index (χ2v) is 5.76. The van der Waals surface area contributed by atoms with E-state index in [1.54, 1.807) is 35.6 Å². The minimum absolute atomic E-state index is 0.0500. The molecule has 6 heteroatoms. The topological polar surface area (TPSA) is 63.5 Å². The summed E-state index contributed by atoms with van der Waals surface area (Å²) in [5, 5.41) is 10.7. The third-order valence-corrected chi connectivity index (χ3v) is 3.84. The molecule has 0 saturated heterocycles. The summed E-state index contributed by atoms with van der Waals surface area (Å²) < 4.78 is 12.9. The van der Waals surface area contributed by atoms with Crippen LogP contribution >= 0.6 is 0 Å². The van der Waals surface area contributed by atoms with E-state index in [1.165, 1.54) is 42.5 Å². The summed E-state index contributed by atoms with van der Waals surface area (Å²) in [5.41, 5.74) is 2.23. The number of non-ortho nitro benzene ring substituents is 1. The van der Waals surface area contributed by atoms with Crippen LogP contribution in [0.15, 0.2) is 90.9 Å². The molecule has 0 aliphatic carbocycles. The van der Waals surface area contributed by atoms with E-state index in [4.69, 9.17) is 0 Å². The van der Waals surface area contributed by atoms with E-state index < -0.39 is 4.92 Å². The third kappa shape index (κ3) is 4.85. The number of hydrogen-bond acceptors (Lipinski definition) is 4. The van der Waals surface area contributed by atoms with Crippen molar-refractivity contribution in [1.82, 2.24) is 4.90 Å². The van der Waals surface area contributed by atoms with Gasteiger partial charge in [0.15, 0.2) is 5.78 Å². The lowest BCUT2D eigenvalue weighted by Gasteiger charge is -2.13. The number of carbonyl (C=O) groups is 1. The second-order valence-electron chi connectivity index (χ2n) is 5.76. The number of benzene rings is 2. The maximum Gasteiger partial charge on any atom is 0.269 e. The highest BCUT2D eigenvalue weighted by molar-refractivity contribution is 6.04. The van der Waals surface area contributed by atoms with Crippen LogP contribution in [0.1, 0.15) is 15.9 Å². The maximum absolute atomic E-state index is 12.9. The Hall–Kier alpha value is -3.80. The largest absolute Gasteiger partial charge is 0.330 e. The Bertz CT molecular complexity index is 955. The van der Waals surface area contributed by atoms with Crippen LogP contribution in [-0.4, -0.2) is 15.6 Å². The fraction of sp³-hybridized carbons (Fsp3) is 0. The first-order chi connectivity index (χ1) is 13.0. The normalized spacial score (nSPS) is 13.2. The van der Waals surface area contributed by atoms with Crippen LogP contribution in [0.5, 0.6) is 0 Å². The molecule has 1 aliphatic heterocycles. The first-order valence-electron chi connectivity index (χ1n) is 8.09. The van der Waals surface area contributed by atoms with Crippen LogP contribution in [0.4, 0.5) is 10.1 Å². The van der Waals surface area contributed by atoms with Crippen LogP contribution in [0.3, 0.4) is 0 Å². The summed E-state index contributed by atoms with van der Waals surface area (Å²) in [6, 6.07) is 11.6. The van der Waals surface area contributed by atoms with Gasteiger partial charge in [-0.15, -0.1) is 0 Å². The van der Waals surface area contributed by atoms with E-state index in [9.17, 15) is 19.3 Å². The van der Waals surface area contributed by atoms with Crippen molar-refractivity contribution < 1.29 is 14.1 Å². The molecule has 2 aromatic rings. The first kappa shape index (κ1) is 18.0. The quantitative estimate of drug-likeness (QED) is 0.330. The van der Waals surface area contributed by atoms with Gasteiger partial charge in [0.05, 0.1) is 4.92 Å². The zero-order valence-electron chi connectivity index (χ0n) is 14.2. The Morgan fingerprint density at radius 3 is 2.22 bits per heavy atom. The SMILES string of the molecule is O=C(/C=C/N1C=CC(=Cc2ccc([N+](=O)[O-])cc2)C=C1)c1ccc(F)cc1. The van der Waals surface area contributed by atoms with Gasteiger partial charge in [0.1, 0.15) is 5.82 Å². The Balaban J connectivity index is 1.62. The van der Waals surface area contributed by atoms with Crippen LogP contribution in [0.25, 0.3) is 6.08 Å². The van der Waals surface area contributed by atoms with E-state index in [-0.39, 0.29) is 17.3 Å². The predicted molar refractivity (Wildman–Crippen MR) is 101 cm³/mol. The Kier molecular flexibility index (Phi) is 5.37. The molecule has 1 aliphatic rings. The fourth-order valence-corrected chi connectivity index (χ4v) is 2.39. The van der Waals surface area contributed by atoms with Gasteiger partial charge in [-0.05, 0) is 65.8 Å². The highest BCUT2D eigenvalue weighted by atomic mass is 19.1. The van der Waals surface area contributed by atoms with Crippen LogP contribution < -0.4 is 0 Å². The van der Waals surface area contributed by atoms with Crippen molar-refractivity contribution in [3.05, 3.63) is 118 Å². The third-order valence-electron chi connectivity index (χ3n) is 3.84. The van der Waals surface area contributed by atoms with Crippen molar-refractivity contribution in [3.8, 4) is 0 Å². The van der Waals surface area contributed by atoms with Crippen molar-refractivity contribution in [1.29, 1.82) is 0 Å². The van der Waals surface area contributed by atoms with Crippen molar-refractivity contribution in [2.24, 2.45) is 0 Å². The summed E-state index contributed by atoms with van der Waals surface area (Å²) in [6.07, 6.45) is 12.2. The van der Waals surface area contributed by atoms with Crippen molar-refractivity contribution >= 4 is 17.5 Å². The lowest BCUT2D eigenvalue weighted by atomic mass is 10.1. The molecule has 3 rings (SSSR count). The zero-order chi connectivity index (χ0) is 19.2. The van der Waals surface area contributed by atoms with Gasteiger partial charge in [0.2, 0.25) is 0 Å². The van der Waals surface area contributed by atoms with E-state index >= 15 is 0 Å². The van der Waals surface area contributed by atoms with E-state index in [1.807, 2.05) is 18.2 Å². The minimum Gasteiger partial charge on any atom is -0.330 e. The first-order valence-corrected chi connectivity index (χ1v) is 8.09. The predicted octanol–water partition coefficient (Wildman–Crippen LogP) is 4.86. The number of halogens is 1. The molecular formula is C21H15FN2O3. The number of nitrogens with zero attached hydrogens (tertiary/aromatic N) is 2. The van der Waals surface area contributed by atoms with Crippen LogP contribution in [0, 0.1) is 15.9 Å². The van der Waals surface area contributed by atoms with Gasteiger partial charge < -0.3 is 4.90 Å². The van der Waals surface area contributed by atoms with E-state index in [2.05, 4.69) is 0 Å².